The van der Waals surface area contributed by atoms with E-state index in [1.807, 2.05) is 60.7 Å². The maximum Gasteiger partial charge on any atom is 0.303 e. The van der Waals surface area contributed by atoms with Crippen molar-refractivity contribution >= 4 is 11.9 Å². The lowest BCUT2D eigenvalue weighted by Gasteiger charge is -2.44. The predicted octanol–water partition coefficient (Wildman–Crippen LogP) is 1.94. The Bertz CT molecular complexity index is 861. The smallest absolute Gasteiger partial charge is 0.303 e. The van der Waals surface area contributed by atoms with E-state index in [0.29, 0.717) is 6.61 Å². The van der Waals surface area contributed by atoms with E-state index in [1.54, 1.807) is 0 Å². The van der Waals surface area contributed by atoms with Crippen molar-refractivity contribution < 1.29 is 33.6 Å². The number of carbonyl (C=O) groups excluding carboxylic acids is 2. The summed E-state index contributed by atoms with van der Waals surface area (Å²) in [4.78, 5) is 23.6. The minimum Gasteiger partial charge on any atom is -0.457 e. The van der Waals surface area contributed by atoms with Crippen LogP contribution in [0.3, 0.4) is 0 Å². The first-order valence-corrected chi connectivity index (χ1v) is 10.5. The van der Waals surface area contributed by atoms with E-state index < -0.39 is 36.6 Å². The Morgan fingerprint density at radius 3 is 2.09 bits per heavy atom. The Morgan fingerprint density at radius 2 is 1.53 bits per heavy atom. The molecule has 32 heavy (non-hydrogen) atoms. The van der Waals surface area contributed by atoms with Crippen LogP contribution >= 0.6 is 0 Å². The van der Waals surface area contributed by atoms with E-state index in [2.05, 4.69) is 5.32 Å². The van der Waals surface area contributed by atoms with Crippen molar-refractivity contribution in [2.75, 3.05) is 6.61 Å². The van der Waals surface area contributed by atoms with Crippen LogP contribution in [0.25, 0.3) is 0 Å². The van der Waals surface area contributed by atoms with Gasteiger partial charge in [-0.2, -0.15) is 0 Å². The second-order valence-electron chi connectivity index (χ2n) is 7.63. The van der Waals surface area contributed by atoms with Crippen LogP contribution in [-0.2, 0) is 41.8 Å². The molecule has 2 aromatic carbocycles. The van der Waals surface area contributed by atoms with Crippen LogP contribution in [0.1, 0.15) is 25.0 Å². The topological polar surface area (TPSA) is 103 Å². The van der Waals surface area contributed by atoms with Crippen LogP contribution in [0.15, 0.2) is 60.7 Å². The molecule has 1 fully saturated rings. The zero-order valence-electron chi connectivity index (χ0n) is 18.2. The number of aliphatic hydroxyl groups is 1. The summed E-state index contributed by atoms with van der Waals surface area (Å²) in [5, 5.41) is 13.3. The van der Waals surface area contributed by atoms with Gasteiger partial charge in [0.25, 0.3) is 0 Å². The van der Waals surface area contributed by atoms with Gasteiger partial charge in [-0.25, -0.2) is 0 Å². The van der Waals surface area contributed by atoms with Crippen molar-refractivity contribution in [3.8, 4) is 0 Å². The van der Waals surface area contributed by atoms with Gasteiger partial charge in [0.1, 0.15) is 18.2 Å². The standard InChI is InChI=1S/C24H29NO7/c1-16(26)25-21-23(30-14-19-11-7-4-8-12-19)22(31-17(2)27)20(32-24(21)28)15-29-13-18-9-5-3-6-10-18/h3-12,20-24,28H,13-15H2,1-2H3,(H,25,26)/t20-,21-,22+,23-,24+/m1/s1. The molecule has 0 aromatic heterocycles. The third-order valence-corrected chi connectivity index (χ3v) is 5.02. The molecule has 1 heterocycles. The van der Waals surface area contributed by atoms with Crippen LogP contribution in [0.4, 0.5) is 0 Å². The van der Waals surface area contributed by atoms with E-state index in [9.17, 15) is 14.7 Å². The largest absolute Gasteiger partial charge is 0.457 e. The van der Waals surface area contributed by atoms with E-state index in [4.69, 9.17) is 18.9 Å². The average molecular weight is 443 g/mol. The maximum atomic E-state index is 11.9. The van der Waals surface area contributed by atoms with Crippen LogP contribution in [0.2, 0.25) is 0 Å². The molecule has 8 heteroatoms. The fraction of sp³-hybridized carbons (Fsp3) is 0.417. The van der Waals surface area contributed by atoms with Gasteiger partial charge in [0, 0.05) is 13.8 Å². The Balaban J connectivity index is 1.76. The van der Waals surface area contributed by atoms with Gasteiger partial charge in [0.05, 0.1) is 19.8 Å². The molecule has 0 aliphatic carbocycles. The number of hydrogen-bond donors (Lipinski definition) is 2. The second kappa shape index (κ2) is 11.7. The lowest BCUT2D eigenvalue weighted by molar-refractivity contribution is -0.271. The lowest BCUT2D eigenvalue weighted by Crippen LogP contribution is -2.65. The summed E-state index contributed by atoms with van der Waals surface area (Å²) in [6.45, 7) is 3.20. The van der Waals surface area contributed by atoms with Crippen LogP contribution in [0.5, 0.6) is 0 Å². The molecule has 1 aliphatic rings. The SMILES string of the molecule is CC(=O)N[C@@H]1[C@@H](OCc2ccccc2)[C@@H](OC(C)=O)[C@@H](COCc2ccccc2)O[C@@H]1O. The molecule has 1 aliphatic heterocycles. The van der Waals surface area contributed by atoms with Gasteiger partial charge in [0.15, 0.2) is 12.4 Å². The Morgan fingerprint density at radius 1 is 0.938 bits per heavy atom. The Hall–Kier alpha value is -2.78. The fourth-order valence-electron chi connectivity index (χ4n) is 3.61. The van der Waals surface area contributed by atoms with E-state index in [-0.39, 0.29) is 19.1 Å². The predicted molar refractivity (Wildman–Crippen MR) is 115 cm³/mol. The van der Waals surface area contributed by atoms with Crippen molar-refractivity contribution in [2.24, 2.45) is 0 Å². The lowest BCUT2D eigenvalue weighted by atomic mass is 9.96. The monoisotopic (exact) mass is 443 g/mol. The minimum atomic E-state index is -1.36. The van der Waals surface area contributed by atoms with Crippen LogP contribution in [0, 0.1) is 0 Å². The first-order valence-electron chi connectivity index (χ1n) is 10.5. The molecule has 0 radical (unpaired) electrons. The first kappa shape index (κ1) is 23.9. The van der Waals surface area contributed by atoms with Crippen molar-refractivity contribution in [3.63, 3.8) is 0 Å². The molecule has 5 atom stereocenters. The number of nitrogens with one attached hydrogen (secondary N) is 1. The van der Waals surface area contributed by atoms with E-state index in [1.165, 1.54) is 13.8 Å². The van der Waals surface area contributed by atoms with Gasteiger partial charge >= 0.3 is 5.97 Å². The summed E-state index contributed by atoms with van der Waals surface area (Å²) < 4.78 is 23.1. The molecule has 1 amide bonds. The third-order valence-electron chi connectivity index (χ3n) is 5.02. The molecule has 2 N–H and O–H groups in total. The summed E-state index contributed by atoms with van der Waals surface area (Å²) in [6.07, 6.45) is -3.90. The van der Waals surface area contributed by atoms with Gasteiger partial charge < -0.3 is 29.4 Å². The Labute approximate surface area is 187 Å². The molecule has 2 aromatic rings. The number of aliphatic hydroxyl groups excluding tert-OH is 1. The number of benzene rings is 2. The summed E-state index contributed by atoms with van der Waals surface area (Å²) in [5.41, 5.74) is 1.87. The highest BCUT2D eigenvalue weighted by Gasteiger charge is 2.48. The minimum absolute atomic E-state index is 0.0574. The number of esters is 1. The fourth-order valence-corrected chi connectivity index (χ4v) is 3.61. The van der Waals surface area contributed by atoms with Crippen LogP contribution in [-0.4, -0.2) is 54.2 Å². The molecule has 8 nitrogen and oxygen atoms in total. The molecule has 172 valence electrons. The molecule has 1 saturated heterocycles. The zero-order valence-corrected chi connectivity index (χ0v) is 18.2. The maximum absolute atomic E-state index is 11.9. The molecule has 0 unspecified atom stereocenters. The highest BCUT2D eigenvalue weighted by atomic mass is 16.7. The Kier molecular flexibility index (Phi) is 8.75. The zero-order chi connectivity index (χ0) is 22.9. The third kappa shape index (κ3) is 6.86. The molecule has 3 rings (SSSR count). The molecular weight excluding hydrogens is 414 g/mol. The summed E-state index contributed by atoms with van der Waals surface area (Å²) in [7, 11) is 0. The molecule has 0 saturated carbocycles. The second-order valence-corrected chi connectivity index (χ2v) is 7.63. The first-order chi connectivity index (χ1) is 15.4. The number of amides is 1. The number of hydrogen-bond acceptors (Lipinski definition) is 7. The summed E-state index contributed by atoms with van der Waals surface area (Å²) >= 11 is 0. The van der Waals surface area contributed by atoms with Crippen molar-refractivity contribution in [1.82, 2.24) is 5.32 Å². The number of rotatable bonds is 9. The normalized spacial score (nSPS) is 25.2. The molecule has 0 spiro atoms. The summed E-state index contributed by atoms with van der Waals surface area (Å²) in [5.74, 6) is -0.899. The van der Waals surface area contributed by atoms with Crippen molar-refractivity contribution in [1.29, 1.82) is 0 Å². The highest BCUT2D eigenvalue weighted by molar-refractivity contribution is 5.73. The van der Waals surface area contributed by atoms with Gasteiger partial charge in [-0.05, 0) is 11.1 Å². The molecular formula is C24H29NO7. The molecule has 0 bridgehead atoms. The van der Waals surface area contributed by atoms with Gasteiger partial charge in [-0.1, -0.05) is 60.7 Å². The average Bonchev–Trinajstić information content (AvgIpc) is 2.77. The van der Waals surface area contributed by atoms with Gasteiger partial charge in [0.2, 0.25) is 5.91 Å². The summed E-state index contributed by atoms with van der Waals surface area (Å²) in [6, 6.07) is 18.1. The van der Waals surface area contributed by atoms with Crippen LogP contribution < -0.4 is 5.32 Å². The van der Waals surface area contributed by atoms with Gasteiger partial charge in [-0.3, -0.25) is 9.59 Å². The van der Waals surface area contributed by atoms with Gasteiger partial charge in [-0.15, -0.1) is 0 Å². The van der Waals surface area contributed by atoms with Crippen molar-refractivity contribution in [2.45, 2.75) is 57.7 Å². The van der Waals surface area contributed by atoms with E-state index in [0.717, 1.165) is 11.1 Å². The van der Waals surface area contributed by atoms with E-state index >= 15 is 0 Å². The number of carbonyl (C=O) groups is 2. The number of ether oxygens (including phenoxy) is 4. The highest BCUT2D eigenvalue weighted by Crippen LogP contribution is 2.27. The quantitative estimate of drug-likeness (QED) is 0.571. The van der Waals surface area contributed by atoms with Crippen molar-refractivity contribution in [3.05, 3.63) is 71.8 Å².